The van der Waals surface area contributed by atoms with Crippen molar-refractivity contribution in [3.8, 4) is 11.3 Å². The van der Waals surface area contributed by atoms with Gasteiger partial charge in [0.25, 0.3) is 5.56 Å². The minimum Gasteiger partial charge on any atom is -0.352 e. The molecular formula is C18H15ClFN3O. The monoisotopic (exact) mass is 343 g/mol. The smallest absolute Gasteiger partial charge is 0.252 e. The number of aromatic amines is 1. The van der Waals surface area contributed by atoms with Gasteiger partial charge in [0.15, 0.2) is 0 Å². The van der Waals surface area contributed by atoms with E-state index in [1.165, 1.54) is 18.2 Å². The van der Waals surface area contributed by atoms with Gasteiger partial charge in [-0.15, -0.1) is 0 Å². The summed E-state index contributed by atoms with van der Waals surface area (Å²) in [6.45, 7) is 2.31. The first-order valence-corrected chi connectivity index (χ1v) is 7.75. The van der Waals surface area contributed by atoms with Crippen LogP contribution >= 0.6 is 11.6 Å². The number of hydrogen-bond acceptors (Lipinski definition) is 3. The molecule has 122 valence electrons. The molecule has 3 rings (SSSR count). The quantitative estimate of drug-likeness (QED) is 0.748. The molecule has 0 aliphatic carbocycles. The first kappa shape index (κ1) is 16.2. The topological polar surface area (TPSA) is 57.8 Å². The molecule has 0 bridgehead atoms. The largest absolute Gasteiger partial charge is 0.352 e. The van der Waals surface area contributed by atoms with Crippen molar-refractivity contribution in [1.82, 2.24) is 9.97 Å². The third kappa shape index (κ3) is 3.81. The van der Waals surface area contributed by atoms with Crippen LogP contribution in [0.15, 0.2) is 53.3 Å². The second-order valence-corrected chi connectivity index (χ2v) is 5.84. The summed E-state index contributed by atoms with van der Waals surface area (Å²) < 4.78 is 13.1. The Hall–Kier alpha value is -2.66. The van der Waals surface area contributed by atoms with E-state index in [1.54, 1.807) is 6.07 Å². The highest BCUT2D eigenvalue weighted by atomic mass is 35.5. The van der Waals surface area contributed by atoms with Crippen molar-refractivity contribution < 1.29 is 4.39 Å². The number of nitrogens with zero attached hydrogens (tertiary/aromatic N) is 1. The van der Waals surface area contributed by atoms with Crippen LogP contribution in [0.5, 0.6) is 0 Å². The highest BCUT2D eigenvalue weighted by Gasteiger charge is 2.06. The number of rotatable bonds is 4. The lowest BCUT2D eigenvalue weighted by molar-refractivity contribution is 0.627. The van der Waals surface area contributed by atoms with Gasteiger partial charge in [-0.1, -0.05) is 47.5 Å². The molecule has 1 aromatic heterocycles. The van der Waals surface area contributed by atoms with Crippen molar-refractivity contribution in [2.45, 2.75) is 13.5 Å². The summed E-state index contributed by atoms with van der Waals surface area (Å²) in [5.74, 6) is -0.0601. The van der Waals surface area contributed by atoms with Gasteiger partial charge in [-0.25, -0.2) is 9.37 Å². The molecule has 4 nitrogen and oxygen atoms in total. The van der Waals surface area contributed by atoms with Crippen molar-refractivity contribution in [2.75, 3.05) is 5.32 Å². The van der Waals surface area contributed by atoms with Gasteiger partial charge >= 0.3 is 0 Å². The second-order valence-electron chi connectivity index (χ2n) is 5.43. The van der Waals surface area contributed by atoms with Crippen LogP contribution in [-0.2, 0) is 6.54 Å². The zero-order valence-electron chi connectivity index (χ0n) is 12.9. The van der Waals surface area contributed by atoms with Gasteiger partial charge in [-0.05, 0) is 24.6 Å². The minimum atomic E-state index is -0.392. The first-order valence-electron chi connectivity index (χ1n) is 7.37. The first-order chi connectivity index (χ1) is 11.5. The molecule has 0 aliphatic heterocycles. The molecule has 0 saturated heterocycles. The molecule has 0 spiro atoms. The van der Waals surface area contributed by atoms with Gasteiger partial charge in [0.1, 0.15) is 5.82 Å². The zero-order chi connectivity index (χ0) is 17.1. The minimum absolute atomic E-state index is 0.256. The fourth-order valence-corrected chi connectivity index (χ4v) is 2.49. The van der Waals surface area contributed by atoms with E-state index in [2.05, 4.69) is 15.3 Å². The van der Waals surface area contributed by atoms with Gasteiger partial charge in [0, 0.05) is 23.2 Å². The molecular weight excluding hydrogens is 329 g/mol. The Labute approximate surface area is 143 Å². The Morgan fingerprint density at radius 2 is 1.92 bits per heavy atom. The predicted octanol–water partition coefficient (Wildman–Crippen LogP) is 4.15. The van der Waals surface area contributed by atoms with Crippen LogP contribution in [0, 0.1) is 12.7 Å². The van der Waals surface area contributed by atoms with Crippen molar-refractivity contribution in [3.05, 3.63) is 80.9 Å². The van der Waals surface area contributed by atoms with E-state index in [-0.39, 0.29) is 5.56 Å². The van der Waals surface area contributed by atoms with Crippen LogP contribution in [0.1, 0.15) is 11.1 Å². The van der Waals surface area contributed by atoms with Crippen molar-refractivity contribution >= 4 is 17.5 Å². The summed E-state index contributed by atoms with van der Waals surface area (Å²) in [4.78, 5) is 18.9. The molecule has 0 atom stereocenters. The summed E-state index contributed by atoms with van der Waals surface area (Å²) in [6, 6.07) is 13.4. The van der Waals surface area contributed by atoms with E-state index >= 15 is 0 Å². The number of nitrogens with one attached hydrogen (secondary N) is 2. The van der Waals surface area contributed by atoms with Crippen LogP contribution in [0.2, 0.25) is 5.02 Å². The molecule has 2 N–H and O–H groups in total. The standard InChI is InChI=1S/C18H15ClFN3O/c1-11-2-4-12(5-3-11)16-9-17(24)23-18(22-16)21-10-13-6-7-14(20)8-15(13)19/h2-9H,10H2,1H3,(H2,21,22,23,24). The number of halogens is 2. The summed E-state index contributed by atoms with van der Waals surface area (Å²) in [7, 11) is 0. The van der Waals surface area contributed by atoms with Crippen LogP contribution in [0.3, 0.4) is 0 Å². The SMILES string of the molecule is Cc1ccc(-c2cc(=O)[nH]c(NCc3ccc(F)cc3Cl)n2)cc1. The number of hydrogen-bond donors (Lipinski definition) is 2. The highest BCUT2D eigenvalue weighted by molar-refractivity contribution is 6.31. The molecule has 0 unspecified atom stereocenters. The summed E-state index contributed by atoms with van der Waals surface area (Å²) >= 11 is 6.00. The second kappa shape index (κ2) is 6.84. The summed E-state index contributed by atoms with van der Waals surface area (Å²) in [5.41, 5.74) is 3.02. The maximum Gasteiger partial charge on any atom is 0.252 e. The molecule has 6 heteroatoms. The number of aryl methyl sites for hydroxylation is 1. The van der Waals surface area contributed by atoms with E-state index in [0.717, 1.165) is 11.1 Å². The van der Waals surface area contributed by atoms with Crippen LogP contribution < -0.4 is 10.9 Å². The molecule has 0 saturated carbocycles. The third-order valence-electron chi connectivity index (χ3n) is 3.55. The maximum atomic E-state index is 13.1. The zero-order valence-corrected chi connectivity index (χ0v) is 13.7. The van der Waals surface area contributed by atoms with Crippen LogP contribution in [0.4, 0.5) is 10.3 Å². The molecule has 0 amide bonds. The Morgan fingerprint density at radius 1 is 1.17 bits per heavy atom. The fourth-order valence-electron chi connectivity index (χ4n) is 2.26. The van der Waals surface area contributed by atoms with E-state index in [9.17, 15) is 9.18 Å². The molecule has 0 fully saturated rings. The Bertz CT molecular complexity index is 922. The van der Waals surface area contributed by atoms with Gasteiger partial charge in [0.2, 0.25) is 5.95 Å². The molecule has 0 aliphatic rings. The summed E-state index contributed by atoms with van der Waals surface area (Å²) in [5, 5.41) is 3.33. The van der Waals surface area contributed by atoms with E-state index in [0.29, 0.717) is 28.8 Å². The van der Waals surface area contributed by atoms with Crippen molar-refractivity contribution in [3.63, 3.8) is 0 Å². The van der Waals surface area contributed by atoms with E-state index < -0.39 is 5.82 Å². The van der Waals surface area contributed by atoms with Crippen molar-refractivity contribution in [1.29, 1.82) is 0 Å². The highest BCUT2D eigenvalue weighted by Crippen LogP contribution is 2.19. The Kier molecular flexibility index (Phi) is 4.62. The fraction of sp³-hybridized carbons (Fsp3) is 0.111. The third-order valence-corrected chi connectivity index (χ3v) is 3.90. The average Bonchev–Trinajstić information content (AvgIpc) is 2.54. The molecule has 0 radical (unpaired) electrons. The molecule has 1 heterocycles. The maximum absolute atomic E-state index is 13.1. The number of H-pyrrole nitrogens is 1. The molecule has 24 heavy (non-hydrogen) atoms. The normalized spacial score (nSPS) is 10.6. The van der Waals surface area contributed by atoms with Crippen LogP contribution in [0.25, 0.3) is 11.3 Å². The summed E-state index contributed by atoms with van der Waals surface area (Å²) in [6.07, 6.45) is 0. The van der Waals surface area contributed by atoms with Gasteiger partial charge < -0.3 is 5.32 Å². The lowest BCUT2D eigenvalue weighted by Gasteiger charge is -2.09. The van der Waals surface area contributed by atoms with Gasteiger partial charge in [-0.2, -0.15) is 0 Å². The van der Waals surface area contributed by atoms with Crippen LogP contribution in [-0.4, -0.2) is 9.97 Å². The number of benzene rings is 2. The lowest BCUT2D eigenvalue weighted by Crippen LogP contribution is -2.13. The van der Waals surface area contributed by atoms with E-state index in [1.807, 2.05) is 31.2 Å². The van der Waals surface area contributed by atoms with Crippen molar-refractivity contribution in [2.24, 2.45) is 0 Å². The van der Waals surface area contributed by atoms with E-state index in [4.69, 9.17) is 11.6 Å². The van der Waals surface area contributed by atoms with Gasteiger partial charge in [-0.3, -0.25) is 9.78 Å². The average molecular weight is 344 g/mol. The molecule has 3 aromatic rings. The molecule has 2 aromatic carbocycles. The number of anilines is 1. The predicted molar refractivity (Wildman–Crippen MR) is 93.8 cm³/mol. The Morgan fingerprint density at radius 3 is 2.62 bits per heavy atom. The lowest BCUT2D eigenvalue weighted by atomic mass is 10.1. The Balaban J connectivity index is 1.83. The van der Waals surface area contributed by atoms with Gasteiger partial charge in [0.05, 0.1) is 5.69 Å². The number of aromatic nitrogens is 2.